The van der Waals surface area contributed by atoms with E-state index in [-0.39, 0.29) is 11.7 Å². The first kappa shape index (κ1) is 15.0. The van der Waals surface area contributed by atoms with Crippen molar-refractivity contribution < 1.29 is 9.18 Å². The normalized spacial score (nSPS) is 11.8. The molecule has 1 amide bonds. The molecule has 1 unspecified atom stereocenters. The summed E-state index contributed by atoms with van der Waals surface area (Å²) in [5, 5.41) is 5.83. The van der Waals surface area contributed by atoms with Crippen LogP contribution in [0.2, 0.25) is 0 Å². The summed E-state index contributed by atoms with van der Waals surface area (Å²) in [6, 6.07) is 11.7. The highest BCUT2D eigenvalue weighted by Gasteiger charge is 2.16. The molecule has 0 radical (unpaired) electrons. The minimum Gasteiger partial charge on any atom is -0.387 e. The van der Waals surface area contributed by atoms with Gasteiger partial charge in [0.15, 0.2) is 0 Å². The molecule has 0 aliphatic heterocycles. The van der Waals surface area contributed by atoms with Crippen LogP contribution in [0, 0.1) is 12.7 Å². The van der Waals surface area contributed by atoms with Gasteiger partial charge >= 0.3 is 0 Å². The molecule has 2 N–H and O–H groups in total. The summed E-state index contributed by atoms with van der Waals surface area (Å²) >= 11 is 0. The van der Waals surface area contributed by atoms with Crippen molar-refractivity contribution in [2.24, 2.45) is 0 Å². The largest absolute Gasteiger partial charge is 0.387 e. The fourth-order valence-corrected chi connectivity index (χ4v) is 2.24. The number of aryl methyl sites for hydroxylation is 1. The lowest BCUT2D eigenvalue weighted by atomic mass is 10.1. The quantitative estimate of drug-likeness (QED) is 0.900. The Hall–Kier alpha value is -2.36. The molecule has 0 saturated heterocycles. The van der Waals surface area contributed by atoms with E-state index in [0.717, 1.165) is 11.3 Å². The van der Waals surface area contributed by atoms with Gasteiger partial charge in [0, 0.05) is 18.3 Å². The highest BCUT2D eigenvalue weighted by molar-refractivity contribution is 6.00. The molecule has 0 aliphatic carbocycles. The van der Waals surface area contributed by atoms with Crippen molar-refractivity contribution in [3.8, 4) is 0 Å². The summed E-state index contributed by atoms with van der Waals surface area (Å²) < 4.78 is 13.7. The fourth-order valence-electron chi connectivity index (χ4n) is 2.24. The number of anilines is 1. The molecule has 110 valence electrons. The van der Waals surface area contributed by atoms with Crippen molar-refractivity contribution in [3.05, 3.63) is 65.0 Å². The van der Waals surface area contributed by atoms with Gasteiger partial charge in [-0.2, -0.15) is 0 Å². The van der Waals surface area contributed by atoms with Gasteiger partial charge in [-0.15, -0.1) is 0 Å². The van der Waals surface area contributed by atoms with Gasteiger partial charge < -0.3 is 10.6 Å². The van der Waals surface area contributed by atoms with Crippen molar-refractivity contribution in [3.63, 3.8) is 0 Å². The van der Waals surface area contributed by atoms with Crippen LogP contribution in [0.15, 0.2) is 42.5 Å². The Morgan fingerprint density at radius 1 is 1.19 bits per heavy atom. The van der Waals surface area contributed by atoms with Gasteiger partial charge in [0.25, 0.3) is 5.91 Å². The summed E-state index contributed by atoms with van der Waals surface area (Å²) in [4.78, 5) is 12.4. The first-order chi connectivity index (χ1) is 10.0. The molecule has 3 nitrogen and oxygen atoms in total. The van der Waals surface area contributed by atoms with Crippen LogP contribution in [0.3, 0.4) is 0 Å². The van der Waals surface area contributed by atoms with Crippen LogP contribution in [0.5, 0.6) is 0 Å². The van der Waals surface area contributed by atoms with Crippen LogP contribution in [0.4, 0.5) is 10.1 Å². The fraction of sp³-hybridized carbons (Fsp3) is 0.235. The number of benzene rings is 2. The monoisotopic (exact) mass is 286 g/mol. The number of rotatable bonds is 4. The second kappa shape index (κ2) is 6.39. The third kappa shape index (κ3) is 3.40. The Morgan fingerprint density at radius 2 is 1.90 bits per heavy atom. The van der Waals surface area contributed by atoms with E-state index in [9.17, 15) is 9.18 Å². The lowest BCUT2D eigenvalue weighted by Crippen LogP contribution is -2.28. The predicted molar refractivity (Wildman–Crippen MR) is 83.0 cm³/mol. The molecule has 0 aliphatic rings. The number of carbonyl (C=O) groups excluding carboxylic acids is 1. The molecule has 1 atom stereocenters. The van der Waals surface area contributed by atoms with E-state index < -0.39 is 6.04 Å². The first-order valence-electron chi connectivity index (χ1n) is 6.86. The van der Waals surface area contributed by atoms with Crippen LogP contribution in [0.1, 0.15) is 34.5 Å². The second-order valence-electron chi connectivity index (χ2n) is 5.02. The highest BCUT2D eigenvalue weighted by atomic mass is 19.1. The summed E-state index contributed by atoms with van der Waals surface area (Å²) in [7, 11) is 1.77. The van der Waals surface area contributed by atoms with E-state index in [1.54, 1.807) is 32.2 Å². The maximum absolute atomic E-state index is 13.7. The first-order valence-corrected chi connectivity index (χ1v) is 6.86. The van der Waals surface area contributed by atoms with Gasteiger partial charge in [-0.25, -0.2) is 4.39 Å². The standard InChI is InChI=1S/C17H19FN2O/c1-11-8-9-16(19-3)14(10-11)17(21)20-12(2)13-6-4-5-7-15(13)18/h4-10,12,19H,1-3H3,(H,20,21). The number of carbonyl (C=O) groups is 1. The Bertz CT molecular complexity index is 655. The molecule has 0 aromatic heterocycles. The number of amides is 1. The van der Waals surface area contributed by atoms with Crippen molar-refractivity contribution in [2.45, 2.75) is 19.9 Å². The van der Waals surface area contributed by atoms with E-state index in [0.29, 0.717) is 11.1 Å². The van der Waals surface area contributed by atoms with Crippen LogP contribution in [-0.2, 0) is 0 Å². The minimum absolute atomic E-state index is 0.223. The molecule has 0 bridgehead atoms. The van der Waals surface area contributed by atoms with Crippen LogP contribution >= 0.6 is 0 Å². The van der Waals surface area contributed by atoms with Gasteiger partial charge in [-0.1, -0.05) is 29.8 Å². The maximum Gasteiger partial charge on any atom is 0.253 e. The Morgan fingerprint density at radius 3 is 2.57 bits per heavy atom. The summed E-state index contributed by atoms with van der Waals surface area (Å²) in [6.45, 7) is 3.70. The van der Waals surface area contributed by atoms with E-state index >= 15 is 0 Å². The zero-order chi connectivity index (χ0) is 15.4. The van der Waals surface area contributed by atoms with Gasteiger partial charge in [0.05, 0.1) is 11.6 Å². The van der Waals surface area contributed by atoms with E-state index in [4.69, 9.17) is 0 Å². The SMILES string of the molecule is CNc1ccc(C)cc1C(=O)NC(C)c1ccccc1F. The van der Waals surface area contributed by atoms with Crippen LogP contribution in [0.25, 0.3) is 0 Å². The van der Waals surface area contributed by atoms with Crippen LogP contribution in [-0.4, -0.2) is 13.0 Å². The molecule has 0 fully saturated rings. The Kier molecular flexibility index (Phi) is 4.58. The third-order valence-electron chi connectivity index (χ3n) is 3.41. The summed E-state index contributed by atoms with van der Waals surface area (Å²) in [6.07, 6.45) is 0. The van der Waals surface area contributed by atoms with E-state index in [2.05, 4.69) is 10.6 Å². The topological polar surface area (TPSA) is 41.1 Å². The van der Waals surface area contributed by atoms with Crippen LogP contribution < -0.4 is 10.6 Å². The molecule has 0 spiro atoms. The molecule has 0 saturated carbocycles. The number of hydrogen-bond acceptors (Lipinski definition) is 2. The van der Waals surface area contributed by atoms with Gasteiger partial charge in [-0.05, 0) is 32.0 Å². The lowest BCUT2D eigenvalue weighted by Gasteiger charge is -2.17. The summed E-state index contributed by atoms with van der Waals surface area (Å²) in [5.74, 6) is -0.540. The smallest absolute Gasteiger partial charge is 0.253 e. The van der Waals surface area contributed by atoms with E-state index in [1.807, 2.05) is 25.1 Å². The molecule has 2 rings (SSSR count). The number of hydrogen-bond donors (Lipinski definition) is 2. The molecular formula is C17H19FN2O. The average Bonchev–Trinajstić information content (AvgIpc) is 2.47. The molecule has 21 heavy (non-hydrogen) atoms. The second-order valence-corrected chi connectivity index (χ2v) is 5.02. The molecule has 2 aromatic rings. The van der Waals surface area contributed by atoms with Gasteiger partial charge in [0.1, 0.15) is 5.82 Å². The van der Waals surface area contributed by atoms with Crippen molar-refractivity contribution >= 4 is 11.6 Å². The number of halogens is 1. The Labute approximate surface area is 124 Å². The zero-order valence-corrected chi connectivity index (χ0v) is 12.4. The Balaban J connectivity index is 2.22. The van der Waals surface area contributed by atoms with Gasteiger partial charge in [-0.3, -0.25) is 4.79 Å². The van der Waals surface area contributed by atoms with Crippen molar-refractivity contribution in [2.75, 3.05) is 12.4 Å². The zero-order valence-electron chi connectivity index (χ0n) is 12.4. The molecule has 2 aromatic carbocycles. The summed E-state index contributed by atoms with van der Waals surface area (Å²) in [5.41, 5.74) is 2.78. The van der Waals surface area contributed by atoms with E-state index in [1.165, 1.54) is 6.07 Å². The third-order valence-corrected chi connectivity index (χ3v) is 3.41. The molecular weight excluding hydrogens is 267 g/mol. The van der Waals surface area contributed by atoms with Crippen molar-refractivity contribution in [1.82, 2.24) is 5.32 Å². The van der Waals surface area contributed by atoms with Gasteiger partial charge in [0.2, 0.25) is 0 Å². The number of nitrogens with one attached hydrogen (secondary N) is 2. The minimum atomic E-state index is -0.399. The van der Waals surface area contributed by atoms with Crippen molar-refractivity contribution in [1.29, 1.82) is 0 Å². The lowest BCUT2D eigenvalue weighted by molar-refractivity contribution is 0.0940. The average molecular weight is 286 g/mol. The predicted octanol–water partition coefficient (Wildman–Crippen LogP) is 3.67. The molecule has 4 heteroatoms. The highest BCUT2D eigenvalue weighted by Crippen LogP contribution is 2.20. The maximum atomic E-state index is 13.7. The molecule has 0 heterocycles.